The van der Waals surface area contributed by atoms with Gasteiger partial charge in [-0.1, -0.05) is 30.3 Å². The Bertz CT molecular complexity index is 1070. The van der Waals surface area contributed by atoms with E-state index in [0.29, 0.717) is 0 Å². The van der Waals surface area contributed by atoms with E-state index in [2.05, 4.69) is 9.72 Å². The molecule has 0 unspecified atom stereocenters. The van der Waals surface area contributed by atoms with Gasteiger partial charge < -0.3 is 9.47 Å². The maximum Gasteiger partial charge on any atom is 0.356 e. The lowest BCUT2D eigenvalue weighted by molar-refractivity contribution is -0.383. The Morgan fingerprint density at radius 1 is 1.26 bits per heavy atom. The Kier molecular flexibility index (Phi) is 4.95. The second-order valence-corrected chi connectivity index (χ2v) is 5.53. The molecule has 0 radical (unpaired) electrons. The third-order valence-electron chi connectivity index (χ3n) is 3.81. The van der Waals surface area contributed by atoms with Crippen LogP contribution in [-0.4, -0.2) is 23.0 Å². The monoisotopic (exact) mass is 363 g/mol. The Hall–Kier alpha value is -3.99. The summed E-state index contributed by atoms with van der Waals surface area (Å²) in [6.07, 6.45) is 0. The van der Waals surface area contributed by atoms with Crippen molar-refractivity contribution in [3.63, 3.8) is 0 Å². The van der Waals surface area contributed by atoms with E-state index in [9.17, 15) is 20.2 Å². The Morgan fingerprint density at radius 2 is 2.00 bits per heavy atom. The van der Waals surface area contributed by atoms with Crippen LogP contribution >= 0.6 is 0 Å². The first-order chi connectivity index (χ1) is 13.0. The number of hydrogen-bond donors (Lipinski definition) is 0. The molecular weight excluding hydrogens is 350 g/mol. The van der Waals surface area contributed by atoms with Crippen LogP contribution in [0.25, 0.3) is 10.9 Å². The van der Waals surface area contributed by atoms with Gasteiger partial charge in [-0.2, -0.15) is 5.26 Å². The van der Waals surface area contributed by atoms with Crippen molar-refractivity contribution in [2.45, 2.75) is 6.61 Å². The third-order valence-corrected chi connectivity index (χ3v) is 3.81. The Morgan fingerprint density at radius 3 is 2.63 bits per heavy atom. The summed E-state index contributed by atoms with van der Waals surface area (Å²) in [5.41, 5.74) is 0.393. The molecule has 0 saturated heterocycles. The maximum atomic E-state index is 11.9. The molecule has 0 bridgehead atoms. The van der Waals surface area contributed by atoms with Gasteiger partial charge in [0, 0.05) is 12.1 Å². The molecule has 0 spiro atoms. The highest BCUT2D eigenvalue weighted by molar-refractivity contribution is 5.98. The fourth-order valence-corrected chi connectivity index (χ4v) is 2.55. The second kappa shape index (κ2) is 7.49. The number of pyridine rings is 1. The predicted molar refractivity (Wildman–Crippen MR) is 95.2 cm³/mol. The van der Waals surface area contributed by atoms with Crippen LogP contribution in [0.15, 0.2) is 48.5 Å². The van der Waals surface area contributed by atoms with Crippen molar-refractivity contribution < 1.29 is 19.2 Å². The fraction of sp³-hybridized carbons (Fsp3) is 0.105. The highest BCUT2D eigenvalue weighted by Gasteiger charge is 2.22. The van der Waals surface area contributed by atoms with Crippen LogP contribution in [0.3, 0.4) is 0 Å². The van der Waals surface area contributed by atoms with Crippen LogP contribution in [0.4, 0.5) is 5.69 Å². The number of carbonyl (C=O) groups is 1. The van der Waals surface area contributed by atoms with E-state index in [1.165, 1.54) is 19.2 Å². The van der Waals surface area contributed by atoms with E-state index >= 15 is 0 Å². The van der Waals surface area contributed by atoms with Crippen molar-refractivity contribution in [1.82, 2.24) is 4.98 Å². The van der Waals surface area contributed by atoms with Crippen LogP contribution in [0.1, 0.15) is 21.6 Å². The number of ether oxygens (including phenoxy) is 2. The Balaban J connectivity index is 2.19. The summed E-state index contributed by atoms with van der Waals surface area (Å²) in [7, 11) is 1.19. The molecule has 0 saturated carbocycles. The summed E-state index contributed by atoms with van der Waals surface area (Å²) >= 11 is 0. The van der Waals surface area contributed by atoms with E-state index in [1.807, 2.05) is 36.4 Å². The molecule has 0 atom stereocenters. The van der Waals surface area contributed by atoms with E-state index in [1.54, 1.807) is 0 Å². The summed E-state index contributed by atoms with van der Waals surface area (Å²) in [6, 6.07) is 15.1. The summed E-state index contributed by atoms with van der Waals surface area (Å²) in [4.78, 5) is 26.7. The lowest BCUT2D eigenvalue weighted by atomic mass is 10.1. The molecule has 3 rings (SSSR count). The third kappa shape index (κ3) is 3.67. The topological polar surface area (TPSA) is 115 Å². The molecule has 0 aliphatic heterocycles. The van der Waals surface area contributed by atoms with Gasteiger partial charge in [0.15, 0.2) is 11.2 Å². The molecule has 8 heteroatoms. The number of benzene rings is 2. The average molecular weight is 363 g/mol. The first kappa shape index (κ1) is 17.8. The van der Waals surface area contributed by atoms with Crippen molar-refractivity contribution in [2.75, 3.05) is 7.11 Å². The number of nitro benzene ring substituents is 1. The number of rotatable bonds is 5. The number of aromatic nitrogens is 1. The van der Waals surface area contributed by atoms with Crippen LogP contribution in [0.2, 0.25) is 0 Å². The van der Waals surface area contributed by atoms with Crippen LogP contribution in [0, 0.1) is 21.4 Å². The molecule has 1 aromatic heterocycles. The van der Waals surface area contributed by atoms with Gasteiger partial charge in [0.2, 0.25) is 0 Å². The zero-order chi connectivity index (χ0) is 19.4. The Labute approximate surface area is 153 Å². The van der Waals surface area contributed by atoms with Gasteiger partial charge in [-0.15, -0.1) is 0 Å². The minimum absolute atomic E-state index is 0.0510. The molecular formula is C19H13N3O5. The lowest BCUT2D eigenvalue weighted by Crippen LogP contribution is -2.07. The van der Waals surface area contributed by atoms with Gasteiger partial charge in [-0.05, 0) is 11.6 Å². The van der Waals surface area contributed by atoms with Crippen molar-refractivity contribution in [3.05, 3.63) is 75.5 Å². The van der Waals surface area contributed by atoms with Gasteiger partial charge in [-0.3, -0.25) is 10.1 Å². The number of non-ortho nitro benzene ring substituents is 1. The van der Waals surface area contributed by atoms with E-state index < -0.39 is 10.9 Å². The number of nitro groups is 1. The van der Waals surface area contributed by atoms with Gasteiger partial charge in [0.25, 0.3) is 5.69 Å². The minimum Gasteiger partial charge on any atom is -0.488 e. The summed E-state index contributed by atoms with van der Waals surface area (Å²) in [5, 5.41) is 20.9. The number of nitrogens with zero attached hydrogens (tertiary/aromatic N) is 3. The standard InChI is InChI=1S/C19H13N3O5/c1-26-19(23)15-9-17(27-11-12-5-3-2-4-6-12)14-7-13(10-20)8-16(22(24)25)18(14)21-15/h2-9H,11H2,1H3. The van der Waals surface area contributed by atoms with Crippen LogP contribution < -0.4 is 4.74 Å². The number of methoxy groups -OCH3 is 1. The predicted octanol–water partition coefficient (Wildman–Crippen LogP) is 3.38. The molecule has 3 aromatic rings. The molecule has 27 heavy (non-hydrogen) atoms. The van der Waals surface area contributed by atoms with Gasteiger partial charge >= 0.3 is 5.97 Å². The van der Waals surface area contributed by atoms with Gasteiger partial charge in [0.1, 0.15) is 12.4 Å². The summed E-state index contributed by atoms with van der Waals surface area (Å²) in [6.45, 7) is 0.172. The summed E-state index contributed by atoms with van der Waals surface area (Å²) < 4.78 is 10.5. The zero-order valence-electron chi connectivity index (χ0n) is 14.2. The molecule has 134 valence electrons. The lowest BCUT2D eigenvalue weighted by Gasteiger charge is -2.11. The molecule has 1 heterocycles. The van der Waals surface area contributed by atoms with E-state index in [0.717, 1.165) is 11.6 Å². The molecule has 0 aliphatic carbocycles. The first-order valence-corrected chi connectivity index (χ1v) is 7.82. The molecule has 2 aromatic carbocycles. The van der Waals surface area contributed by atoms with Gasteiger partial charge in [0.05, 0.1) is 29.1 Å². The minimum atomic E-state index is -0.750. The molecule has 0 fully saturated rings. The number of nitriles is 1. The molecule has 0 amide bonds. The van der Waals surface area contributed by atoms with E-state index in [-0.39, 0.29) is 40.2 Å². The fourth-order valence-electron chi connectivity index (χ4n) is 2.55. The highest BCUT2D eigenvalue weighted by atomic mass is 16.6. The first-order valence-electron chi connectivity index (χ1n) is 7.82. The molecule has 0 aliphatic rings. The van der Waals surface area contributed by atoms with E-state index in [4.69, 9.17) is 4.74 Å². The average Bonchev–Trinajstić information content (AvgIpc) is 2.70. The van der Waals surface area contributed by atoms with Gasteiger partial charge in [-0.25, -0.2) is 9.78 Å². The SMILES string of the molecule is COC(=O)c1cc(OCc2ccccc2)c2cc(C#N)cc([N+](=O)[O-])c2n1. The summed E-state index contributed by atoms with van der Waals surface area (Å²) in [5.74, 6) is -0.551. The largest absolute Gasteiger partial charge is 0.488 e. The second-order valence-electron chi connectivity index (χ2n) is 5.53. The number of carbonyl (C=O) groups excluding carboxylic acids is 1. The van der Waals surface area contributed by atoms with Crippen LogP contribution in [0.5, 0.6) is 5.75 Å². The molecule has 0 N–H and O–H groups in total. The number of fused-ring (bicyclic) bond motifs is 1. The highest BCUT2D eigenvalue weighted by Crippen LogP contribution is 2.33. The quantitative estimate of drug-likeness (QED) is 0.387. The zero-order valence-corrected chi connectivity index (χ0v) is 14.2. The van der Waals surface area contributed by atoms with Crippen molar-refractivity contribution in [1.29, 1.82) is 5.26 Å². The number of hydrogen-bond acceptors (Lipinski definition) is 7. The number of esters is 1. The molecule has 8 nitrogen and oxygen atoms in total. The van der Waals surface area contributed by atoms with Crippen LogP contribution in [-0.2, 0) is 11.3 Å². The maximum absolute atomic E-state index is 11.9. The normalized spacial score (nSPS) is 10.2. The smallest absolute Gasteiger partial charge is 0.356 e. The van der Waals surface area contributed by atoms with Crippen molar-refractivity contribution >= 4 is 22.6 Å². The van der Waals surface area contributed by atoms with Crippen molar-refractivity contribution in [3.8, 4) is 11.8 Å². The van der Waals surface area contributed by atoms with Crippen molar-refractivity contribution in [2.24, 2.45) is 0 Å².